The lowest BCUT2D eigenvalue weighted by Crippen LogP contribution is -2.42. The Morgan fingerprint density at radius 1 is 1.73 bits per heavy atom. The number of hydrogen-bond donors (Lipinski definition) is 2. The van der Waals surface area contributed by atoms with E-state index in [1.807, 2.05) is 6.92 Å². The normalized spacial score (nSPS) is 18.8. The molecule has 1 saturated carbocycles. The molecule has 15 heavy (non-hydrogen) atoms. The summed E-state index contributed by atoms with van der Waals surface area (Å²) in [5.74, 6) is -0.427. The molecular formula is C9H16N4O2. The van der Waals surface area contributed by atoms with E-state index in [9.17, 15) is 9.90 Å². The van der Waals surface area contributed by atoms with Crippen molar-refractivity contribution in [1.82, 2.24) is 5.32 Å². The summed E-state index contributed by atoms with van der Waals surface area (Å²) in [7, 11) is 0. The van der Waals surface area contributed by atoms with Gasteiger partial charge < -0.3 is 10.4 Å². The van der Waals surface area contributed by atoms with E-state index in [4.69, 9.17) is 5.53 Å². The van der Waals surface area contributed by atoms with Gasteiger partial charge in [-0.05, 0) is 24.8 Å². The molecule has 6 heteroatoms. The average Bonchev–Trinajstić information content (AvgIpc) is 3.00. The summed E-state index contributed by atoms with van der Waals surface area (Å²) in [5, 5.41) is 15.8. The first kappa shape index (κ1) is 11.8. The Morgan fingerprint density at radius 2 is 2.40 bits per heavy atom. The van der Waals surface area contributed by atoms with Crippen molar-refractivity contribution < 1.29 is 9.90 Å². The molecule has 1 amide bonds. The molecule has 84 valence electrons. The van der Waals surface area contributed by atoms with Crippen LogP contribution in [0.25, 0.3) is 10.4 Å². The molecule has 0 radical (unpaired) electrons. The van der Waals surface area contributed by atoms with Crippen LogP contribution in [0.4, 0.5) is 0 Å². The van der Waals surface area contributed by atoms with Gasteiger partial charge in [-0.25, -0.2) is 0 Å². The number of amides is 1. The van der Waals surface area contributed by atoms with Gasteiger partial charge in [0.1, 0.15) is 6.10 Å². The van der Waals surface area contributed by atoms with Gasteiger partial charge in [0.2, 0.25) is 5.91 Å². The van der Waals surface area contributed by atoms with Crippen LogP contribution in [0.2, 0.25) is 0 Å². The Balaban J connectivity index is 2.48. The van der Waals surface area contributed by atoms with Gasteiger partial charge in [0.15, 0.2) is 0 Å². The minimum Gasteiger partial charge on any atom is -0.383 e. The first-order valence-corrected chi connectivity index (χ1v) is 5.21. The number of nitrogens with one attached hydrogen (secondary N) is 1. The molecule has 0 aromatic rings. The van der Waals surface area contributed by atoms with E-state index in [2.05, 4.69) is 15.3 Å². The Kier molecular flexibility index (Phi) is 4.39. The van der Waals surface area contributed by atoms with E-state index in [-0.39, 0.29) is 6.04 Å². The van der Waals surface area contributed by atoms with Crippen LogP contribution >= 0.6 is 0 Å². The zero-order chi connectivity index (χ0) is 11.3. The minimum absolute atomic E-state index is 0.209. The summed E-state index contributed by atoms with van der Waals surface area (Å²) in [5.41, 5.74) is 8.30. The number of rotatable bonds is 6. The van der Waals surface area contributed by atoms with Gasteiger partial charge in [-0.2, -0.15) is 0 Å². The number of carbonyl (C=O) groups excluding carboxylic acids is 1. The smallest absolute Gasteiger partial charge is 0.249 e. The number of carbonyl (C=O) groups is 1. The number of aliphatic hydroxyl groups is 1. The first-order chi connectivity index (χ1) is 7.19. The Labute approximate surface area is 88.3 Å². The summed E-state index contributed by atoms with van der Waals surface area (Å²) in [6.07, 6.45) is 2.00. The van der Waals surface area contributed by atoms with Crippen LogP contribution in [0, 0.1) is 0 Å². The Morgan fingerprint density at radius 3 is 2.87 bits per heavy atom. The highest BCUT2D eigenvalue weighted by atomic mass is 16.3. The van der Waals surface area contributed by atoms with Crippen LogP contribution in [0.3, 0.4) is 0 Å². The van der Waals surface area contributed by atoms with Crippen molar-refractivity contribution in [1.29, 1.82) is 0 Å². The molecule has 0 aliphatic heterocycles. The Bertz CT molecular complexity index is 271. The van der Waals surface area contributed by atoms with Crippen LogP contribution in [0.5, 0.6) is 0 Å². The van der Waals surface area contributed by atoms with Crippen molar-refractivity contribution >= 4 is 5.91 Å². The van der Waals surface area contributed by atoms with Gasteiger partial charge in [-0.15, -0.1) is 0 Å². The van der Waals surface area contributed by atoms with E-state index >= 15 is 0 Å². The molecule has 1 rings (SSSR count). The van der Waals surface area contributed by atoms with E-state index < -0.39 is 18.1 Å². The fourth-order valence-corrected chi connectivity index (χ4v) is 1.33. The zero-order valence-electron chi connectivity index (χ0n) is 8.76. The molecule has 0 spiro atoms. The lowest BCUT2D eigenvalue weighted by molar-refractivity contribution is -0.130. The van der Waals surface area contributed by atoms with Crippen molar-refractivity contribution in [2.45, 2.75) is 50.8 Å². The van der Waals surface area contributed by atoms with Crippen LogP contribution < -0.4 is 5.32 Å². The molecule has 0 bridgehead atoms. The van der Waals surface area contributed by atoms with E-state index in [0.717, 1.165) is 19.3 Å². The second-order valence-corrected chi connectivity index (χ2v) is 3.79. The van der Waals surface area contributed by atoms with Gasteiger partial charge in [0.25, 0.3) is 0 Å². The van der Waals surface area contributed by atoms with E-state index in [0.29, 0.717) is 6.42 Å². The van der Waals surface area contributed by atoms with Crippen LogP contribution in [-0.2, 0) is 4.79 Å². The predicted octanol–water partition coefficient (Wildman–Crippen LogP) is 1.10. The minimum atomic E-state index is -1.22. The lowest BCUT2D eigenvalue weighted by Gasteiger charge is -2.16. The Hall–Kier alpha value is -1.26. The number of azide groups is 1. The number of aliphatic hydroxyl groups excluding tert-OH is 1. The summed E-state index contributed by atoms with van der Waals surface area (Å²) in [4.78, 5) is 14.1. The van der Waals surface area contributed by atoms with E-state index in [1.165, 1.54) is 0 Å². The third-order valence-corrected chi connectivity index (χ3v) is 2.34. The molecular weight excluding hydrogens is 196 g/mol. The van der Waals surface area contributed by atoms with Gasteiger partial charge in [0.05, 0.1) is 6.04 Å². The molecule has 6 nitrogen and oxygen atoms in total. The fraction of sp³-hybridized carbons (Fsp3) is 0.889. The molecule has 0 heterocycles. The summed E-state index contributed by atoms with van der Waals surface area (Å²) >= 11 is 0. The maximum Gasteiger partial charge on any atom is 0.249 e. The maximum absolute atomic E-state index is 11.4. The number of nitrogens with zero attached hydrogens (tertiary/aromatic N) is 3. The highest BCUT2D eigenvalue weighted by Crippen LogP contribution is 2.19. The molecule has 2 atom stereocenters. The van der Waals surface area contributed by atoms with E-state index in [1.54, 1.807) is 0 Å². The second-order valence-electron chi connectivity index (χ2n) is 3.79. The highest BCUT2D eigenvalue weighted by Gasteiger charge is 2.30. The molecule has 1 aliphatic rings. The van der Waals surface area contributed by atoms with Crippen molar-refractivity contribution in [3.05, 3.63) is 10.4 Å². The lowest BCUT2D eigenvalue weighted by atomic mass is 10.1. The quantitative estimate of drug-likeness (QED) is 0.391. The summed E-state index contributed by atoms with van der Waals surface area (Å²) in [6, 6.07) is -0.445. The molecule has 0 aromatic carbocycles. The van der Waals surface area contributed by atoms with Crippen molar-refractivity contribution in [2.24, 2.45) is 5.11 Å². The van der Waals surface area contributed by atoms with Crippen molar-refractivity contribution in [3.8, 4) is 0 Å². The third kappa shape index (κ3) is 3.77. The zero-order valence-corrected chi connectivity index (χ0v) is 8.76. The summed E-state index contributed by atoms with van der Waals surface area (Å²) in [6.45, 7) is 1.91. The van der Waals surface area contributed by atoms with Gasteiger partial charge in [0, 0.05) is 11.0 Å². The maximum atomic E-state index is 11.4. The van der Waals surface area contributed by atoms with Crippen LogP contribution in [0.1, 0.15) is 32.6 Å². The topological polar surface area (TPSA) is 98.1 Å². The standard InChI is InChI=1S/C9H16N4O2/c1-2-3-7(12-13-10)8(14)9(15)11-6-4-5-6/h6-8,14H,2-5H2,1H3,(H,11,15)/t7-,8-/m1/s1. The fourth-order valence-electron chi connectivity index (χ4n) is 1.33. The number of hydrogen-bond acceptors (Lipinski definition) is 3. The van der Waals surface area contributed by atoms with Gasteiger partial charge in [-0.1, -0.05) is 18.5 Å². The molecule has 0 unspecified atom stereocenters. The van der Waals surface area contributed by atoms with Crippen LogP contribution in [0.15, 0.2) is 5.11 Å². The largest absolute Gasteiger partial charge is 0.383 e. The molecule has 0 saturated heterocycles. The van der Waals surface area contributed by atoms with Crippen LogP contribution in [-0.4, -0.2) is 29.2 Å². The summed E-state index contributed by atoms with van der Waals surface area (Å²) < 4.78 is 0. The van der Waals surface area contributed by atoms with Crippen molar-refractivity contribution in [2.75, 3.05) is 0 Å². The van der Waals surface area contributed by atoms with Gasteiger partial charge >= 0.3 is 0 Å². The molecule has 2 N–H and O–H groups in total. The van der Waals surface area contributed by atoms with Gasteiger partial charge in [-0.3, -0.25) is 4.79 Å². The monoisotopic (exact) mass is 212 g/mol. The third-order valence-electron chi connectivity index (χ3n) is 2.34. The first-order valence-electron chi connectivity index (χ1n) is 5.21. The highest BCUT2D eigenvalue weighted by molar-refractivity contribution is 5.81. The SMILES string of the molecule is CCC[C@@H](N=[N+]=[N-])[C@@H](O)C(=O)NC1CC1. The molecule has 1 aliphatic carbocycles. The second kappa shape index (κ2) is 5.58. The molecule has 0 aromatic heterocycles. The average molecular weight is 212 g/mol. The molecule has 1 fully saturated rings. The van der Waals surface area contributed by atoms with Crippen molar-refractivity contribution in [3.63, 3.8) is 0 Å². The predicted molar refractivity (Wildman–Crippen MR) is 55.0 cm³/mol.